The van der Waals surface area contributed by atoms with Crippen LogP contribution in [-0.4, -0.2) is 28.6 Å². The largest absolute Gasteiger partial charge is 0.489 e. The number of para-hydroxylation sites is 1. The van der Waals surface area contributed by atoms with Crippen LogP contribution < -0.4 is 15.4 Å². The van der Waals surface area contributed by atoms with E-state index in [9.17, 15) is 9.59 Å². The average Bonchev–Trinajstić information content (AvgIpc) is 3.20. The van der Waals surface area contributed by atoms with Crippen LogP contribution in [0.25, 0.3) is 0 Å². The first kappa shape index (κ1) is 24.7. The normalized spacial score (nSPS) is 11.6. The Hall–Kier alpha value is -4.39. The highest BCUT2D eigenvalue weighted by Gasteiger charge is 2.20. The van der Waals surface area contributed by atoms with Gasteiger partial charge in [-0.15, -0.1) is 0 Å². The third-order valence-electron chi connectivity index (χ3n) is 6.15. The number of ether oxygens (including phenoxy) is 1. The number of carbonyl (C=O) groups is 2. The number of rotatable bonds is 8. The fourth-order valence-electron chi connectivity index (χ4n) is 4.07. The van der Waals surface area contributed by atoms with Crippen LogP contribution in [0.1, 0.15) is 56.2 Å². The Labute approximate surface area is 211 Å². The van der Waals surface area contributed by atoms with Crippen molar-refractivity contribution in [3.63, 3.8) is 0 Å². The van der Waals surface area contributed by atoms with Gasteiger partial charge in [0.05, 0.1) is 23.1 Å². The van der Waals surface area contributed by atoms with Crippen LogP contribution in [-0.2, 0) is 6.61 Å². The number of anilines is 1. The molecule has 2 N–H and O–H groups in total. The third-order valence-corrected chi connectivity index (χ3v) is 6.15. The van der Waals surface area contributed by atoms with Crippen molar-refractivity contribution in [2.24, 2.45) is 0 Å². The lowest BCUT2D eigenvalue weighted by molar-refractivity contribution is 0.0962. The number of amides is 2. The molecule has 0 radical (unpaired) electrons. The highest BCUT2D eigenvalue weighted by molar-refractivity contribution is 6.04. The van der Waals surface area contributed by atoms with E-state index in [1.165, 1.54) is 0 Å². The van der Waals surface area contributed by atoms with E-state index in [0.717, 1.165) is 28.3 Å². The first-order valence-electron chi connectivity index (χ1n) is 11.8. The zero-order valence-corrected chi connectivity index (χ0v) is 20.9. The molecule has 0 aliphatic heterocycles. The van der Waals surface area contributed by atoms with Gasteiger partial charge in [0.1, 0.15) is 12.4 Å². The van der Waals surface area contributed by atoms with Gasteiger partial charge in [0.25, 0.3) is 11.8 Å². The number of hydrogen-bond donors (Lipinski definition) is 2. The minimum absolute atomic E-state index is 0.122. The Morgan fingerprint density at radius 3 is 2.33 bits per heavy atom. The molecule has 1 aromatic heterocycles. The summed E-state index contributed by atoms with van der Waals surface area (Å²) in [7, 11) is 1.61. The summed E-state index contributed by atoms with van der Waals surface area (Å²) in [5.41, 5.74) is 5.32. The molecule has 4 rings (SSSR count). The van der Waals surface area contributed by atoms with Gasteiger partial charge >= 0.3 is 0 Å². The summed E-state index contributed by atoms with van der Waals surface area (Å²) in [6.45, 7) is 6.25. The van der Waals surface area contributed by atoms with Crippen molar-refractivity contribution in [2.75, 3.05) is 12.4 Å². The van der Waals surface area contributed by atoms with Crippen molar-refractivity contribution in [1.29, 1.82) is 0 Å². The summed E-state index contributed by atoms with van der Waals surface area (Å²) in [6, 6.07) is 24.3. The van der Waals surface area contributed by atoms with Gasteiger partial charge in [-0.05, 0) is 68.3 Å². The summed E-state index contributed by atoms with van der Waals surface area (Å²) < 4.78 is 7.65. The van der Waals surface area contributed by atoms with E-state index in [1.807, 2.05) is 86.1 Å². The van der Waals surface area contributed by atoms with E-state index >= 15 is 0 Å². The molecule has 184 valence electrons. The molecule has 7 nitrogen and oxygen atoms in total. The topological polar surface area (TPSA) is 85.3 Å². The number of nitrogens with one attached hydrogen (secondary N) is 2. The fraction of sp³-hybridized carbons (Fsp3) is 0.207. The van der Waals surface area contributed by atoms with E-state index in [4.69, 9.17) is 4.74 Å². The Balaban J connectivity index is 1.46. The second kappa shape index (κ2) is 10.9. The predicted octanol–water partition coefficient (Wildman–Crippen LogP) is 5.30. The van der Waals surface area contributed by atoms with Crippen molar-refractivity contribution >= 4 is 17.5 Å². The number of carbonyl (C=O) groups excluding carboxylic acids is 2. The number of aromatic nitrogens is 2. The molecule has 4 aromatic rings. The van der Waals surface area contributed by atoms with Gasteiger partial charge < -0.3 is 15.4 Å². The molecule has 0 fully saturated rings. The van der Waals surface area contributed by atoms with E-state index < -0.39 is 0 Å². The lowest BCUT2D eigenvalue weighted by Crippen LogP contribution is -2.18. The van der Waals surface area contributed by atoms with Crippen LogP contribution in [0, 0.1) is 13.8 Å². The number of benzene rings is 3. The number of aryl methyl sites for hydroxylation is 1. The molecule has 0 aliphatic carbocycles. The molecule has 0 bridgehead atoms. The predicted molar refractivity (Wildman–Crippen MR) is 141 cm³/mol. The zero-order valence-electron chi connectivity index (χ0n) is 20.9. The Morgan fingerprint density at radius 2 is 1.64 bits per heavy atom. The average molecular weight is 483 g/mol. The van der Waals surface area contributed by atoms with Gasteiger partial charge in [0, 0.05) is 18.2 Å². The van der Waals surface area contributed by atoms with E-state index in [0.29, 0.717) is 23.4 Å². The minimum Gasteiger partial charge on any atom is -0.489 e. The molecule has 1 atom stereocenters. The zero-order chi connectivity index (χ0) is 25.7. The number of nitrogens with zero attached hydrogens (tertiary/aromatic N) is 2. The van der Waals surface area contributed by atoms with Gasteiger partial charge in [-0.3, -0.25) is 14.3 Å². The van der Waals surface area contributed by atoms with Crippen molar-refractivity contribution in [3.05, 3.63) is 113 Å². The Bertz CT molecular complexity index is 1360. The maximum Gasteiger partial charge on any atom is 0.255 e. The molecule has 36 heavy (non-hydrogen) atoms. The highest BCUT2D eigenvalue weighted by atomic mass is 16.5. The summed E-state index contributed by atoms with van der Waals surface area (Å²) in [4.78, 5) is 25.0. The van der Waals surface area contributed by atoms with Crippen LogP contribution in [0.4, 0.5) is 5.69 Å². The molecule has 0 saturated carbocycles. The van der Waals surface area contributed by atoms with Crippen LogP contribution in [0.5, 0.6) is 5.75 Å². The van der Waals surface area contributed by atoms with Gasteiger partial charge in [0.15, 0.2) is 0 Å². The van der Waals surface area contributed by atoms with E-state index in [-0.39, 0.29) is 17.9 Å². The smallest absolute Gasteiger partial charge is 0.255 e. The van der Waals surface area contributed by atoms with Gasteiger partial charge in [-0.25, -0.2) is 0 Å². The summed E-state index contributed by atoms with van der Waals surface area (Å²) in [5.74, 6) is 0.463. The Kier molecular flexibility index (Phi) is 7.49. The maximum absolute atomic E-state index is 13.0. The first-order chi connectivity index (χ1) is 17.4. The number of hydrogen-bond acceptors (Lipinski definition) is 4. The quantitative estimate of drug-likeness (QED) is 0.357. The van der Waals surface area contributed by atoms with E-state index in [2.05, 4.69) is 15.7 Å². The van der Waals surface area contributed by atoms with Crippen LogP contribution in [0.2, 0.25) is 0 Å². The maximum atomic E-state index is 13.0. The van der Waals surface area contributed by atoms with Gasteiger partial charge in [0.2, 0.25) is 0 Å². The van der Waals surface area contributed by atoms with Crippen molar-refractivity contribution < 1.29 is 14.3 Å². The van der Waals surface area contributed by atoms with Gasteiger partial charge in [-0.2, -0.15) is 5.10 Å². The minimum atomic E-state index is -0.203. The third kappa shape index (κ3) is 5.46. The molecular weight excluding hydrogens is 452 g/mol. The molecule has 7 heteroatoms. The first-order valence-corrected chi connectivity index (χ1v) is 11.8. The molecule has 1 unspecified atom stereocenters. The molecule has 0 saturated heterocycles. The molecule has 2 amide bonds. The summed E-state index contributed by atoms with van der Waals surface area (Å²) in [6.07, 6.45) is 0. The van der Waals surface area contributed by atoms with Crippen molar-refractivity contribution in [1.82, 2.24) is 15.1 Å². The lowest BCUT2D eigenvalue weighted by Gasteiger charge is -2.16. The molecule has 1 heterocycles. The molecule has 3 aromatic carbocycles. The van der Waals surface area contributed by atoms with Crippen molar-refractivity contribution in [2.45, 2.75) is 33.4 Å². The fourth-order valence-corrected chi connectivity index (χ4v) is 4.07. The summed E-state index contributed by atoms with van der Waals surface area (Å²) >= 11 is 0. The molecule has 0 aliphatic rings. The van der Waals surface area contributed by atoms with Gasteiger partial charge in [-0.1, -0.05) is 42.5 Å². The summed E-state index contributed by atoms with van der Waals surface area (Å²) in [5, 5.41) is 10.4. The lowest BCUT2D eigenvalue weighted by atomic mass is 10.0. The SMILES string of the molecule is CNC(=O)c1cccc(C(C)n2nc(C)c(NC(=O)c3ccc(COc4ccccc4)cc3)c2C)c1. The second-order valence-electron chi connectivity index (χ2n) is 8.62. The molecule has 0 spiro atoms. The second-order valence-corrected chi connectivity index (χ2v) is 8.62. The highest BCUT2D eigenvalue weighted by Crippen LogP contribution is 2.27. The van der Waals surface area contributed by atoms with Crippen LogP contribution >= 0.6 is 0 Å². The molecular formula is C29H30N4O3. The van der Waals surface area contributed by atoms with Crippen LogP contribution in [0.15, 0.2) is 78.9 Å². The van der Waals surface area contributed by atoms with Crippen LogP contribution in [0.3, 0.4) is 0 Å². The van der Waals surface area contributed by atoms with E-state index in [1.54, 1.807) is 25.2 Å². The monoisotopic (exact) mass is 482 g/mol. The standard InChI is InChI=1S/C29H30N4O3/c1-19-27(21(3)33(32-19)20(2)24-9-8-10-25(17-24)28(34)30-4)31-29(35)23-15-13-22(14-16-23)18-36-26-11-6-5-7-12-26/h5-17,20H,18H2,1-4H3,(H,30,34)(H,31,35). The van der Waals surface area contributed by atoms with Crippen molar-refractivity contribution in [3.8, 4) is 5.75 Å². The Morgan fingerprint density at radius 1 is 0.917 bits per heavy atom.